The van der Waals surface area contributed by atoms with Gasteiger partial charge in [-0.25, -0.2) is 0 Å². The molecule has 0 radical (unpaired) electrons. The SMILES string of the molecule is C[C@@H](N)[C@@H](CN)CCc1ccccc1. The van der Waals surface area contributed by atoms with Gasteiger partial charge in [-0.3, -0.25) is 0 Å². The zero-order chi connectivity index (χ0) is 10.4. The minimum absolute atomic E-state index is 0.198. The first-order valence-corrected chi connectivity index (χ1v) is 5.23. The lowest BCUT2D eigenvalue weighted by atomic mass is 9.94. The molecule has 0 unspecified atom stereocenters. The summed E-state index contributed by atoms with van der Waals surface area (Å²) in [5, 5.41) is 0. The fourth-order valence-corrected chi connectivity index (χ4v) is 1.59. The fourth-order valence-electron chi connectivity index (χ4n) is 1.59. The van der Waals surface area contributed by atoms with E-state index in [2.05, 4.69) is 24.3 Å². The Kier molecular flexibility index (Phi) is 4.63. The van der Waals surface area contributed by atoms with Crippen molar-refractivity contribution in [2.75, 3.05) is 6.54 Å². The van der Waals surface area contributed by atoms with Crippen molar-refractivity contribution < 1.29 is 0 Å². The highest BCUT2D eigenvalue weighted by Gasteiger charge is 2.11. The highest BCUT2D eigenvalue weighted by atomic mass is 14.7. The maximum Gasteiger partial charge on any atom is 0.00509 e. The summed E-state index contributed by atoms with van der Waals surface area (Å²) in [5.74, 6) is 0.440. The average Bonchev–Trinajstić information content (AvgIpc) is 2.20. The highest BCUT2D eigenvalue weighted by Crippen LogP contribution is 2.11. The first kappa shape index (κ1) is 11.2. The molecule has 0 amide bonds. The molecule has 0 bridgehead atoms. The van der Waals surface area contributed by atoms with E-state index < -0.39 is 0 Å². The molecule has 0 heterocycles. The summed E-state index contributed by atoms with van der Waals surface area (Å²) < 4.78 is 0. The second kappa shape index (κ2) is 5.78. The third kappa shape index (κ3) is 3.48. The molecule has 0 aliphatic rings. The molecule has 0 aliphatic heterocycles. The molecule has 14 heavy (non-hydrogen) atoms. The molecule has 2 atom stereocenters. The Morgan fingerprint density at radius 1 is 1.21 bits per heavy atom. The number of benzene rings is 1. The molecular formula is C12H20N2. The van der Waals surface area contributed by atoms with E-state index in [1.807, 2.05) is 13.0 Å². The van der Waals surface area contributed by atoms with Crippen LogP contribution in [0.5, 0.6) is 0 Å². The van der Waals surface area contributed by atoms with Crippen molar-refractivity contribution in [1.29, 1.82) is 0 Å². The maximum atomic E-state index is 5.83. The first-order chi connectivity index (χ1) is 6.74. The van der Waals surface area contributed by atoms with Gasteiger partial charge >= 0.3 is 0 Å². The molecule has 4 N–H and O–H groups in total. The summed E-state index contributed by atoms with van der Waals surface area (Å²) in [4.78, 5) is 0. The predicted molar refractivity (Wildman–Crippen MR) is 61.0 cm³/mol. The van der Waals surface area contributed by atoms with Gasteiger partial charge in [0.2, 0.25) is 0 Å². The van der Waals surface area contributed by atoms with Crippen LogP contribution in [0.25, 0.3) is 0 Å². The van der Waals surface area contributed by atoms with Crippen LogP contribution in [0.1, 0.15) is 18.9 Å². The molecule has 2 nitrogen and oxygen atoms in total. The fraction of sp³-hybridized carbons (Fsp3) is 0.500. The quantitative estimate of drug-likeness (QED) is 0.743. The summed E-state index contributed by atoms with van der Waals surface area (Å²) in [5.41, 5.74) is 12.9. The van der Waals surface area contributed by atoms with Gasteiger partial charge in [0.15, 0.2) is 0 Å². The van der Waals surface area contributed by atoms with Crippen molar-refractivity contribution in [3.63, 3.8) is 0 Å². The Morgan fingerprint density at radius 2 is 1.86 bits per heavy atom. The predicted octanol–water partition coefficient (Wildman–Crippen LogP) is 1.54. The largest absolute Gasteiger partial charge is 0.330 e. The molecule has 0 saturated heterocycles. The van der Waals surface area contributed by atoms with Crippen LogP contribution in [0.4, 0.5) is 0 Å². The Labute approximate surface area is 86.3 Å². The normalized spacial score (nSPS) is 15.1. The van der Waals surface area contributed by atoms with E-state index in [1.54, 1.807) is 0 Å². The lowest BCUT2D eigenvalue weighted by Gasteiger charge is -2.18. The summed E-state index contributed by atoms with van der Waals surface area (Å²) in [7, 11) is 0. The molecule has 0 aliphatic carbocycles. The van der Waals surface area contributed by atoms with Crippen LogP contribution in [0.2, 0.25) is 0 Å². The molecule has 1 aromatic carbocycles. The summed E-state index contributed by atoms with van der Waals surface area (Å²) in [6.45, 7) is 2.72. The molecule has 0 fully saturated rings. The van der Waals surface area contributed by atoms with Crippen LogP contribution in [0, 0.1) is 5.92 Å². The molecule has 1 aromatic rings. The molecule has 2 heteroatoms. The third-order valence-corrected chi connectivity index (χ3v) is 2.69. The van der Waals surface area contributed by atoms with Crippen LogP contribution in [-0.2, 0) is 6.42 Å². The lowest BCUT2D eigenvalue weighted by Crippen LogP contribution is -2.32. The molecule has 0 aromatic heterocycles. The monoisotopic (exact) mass is 192 g/mol. The van der Waals surface area contributed by atoms with E-state index in [0.29, 0.717) is 12.5 Å². The van der Waals surface area contributed by atoms with Gasteiger partial charge in [-0.15, -0.1) is 0 Å². The highest BCUT2D eigenvalue weighted by molar-refractivity contribution is 5.14. The van der Waals surface area contributed by atoms with Crippen LogP contribution in [0.3, 0.4) is 0 Å². The number of rotatable bonds is 5. The second-order valence-corrected chi connectivity index (χ2v) is 3.88. The van der Waals surface area contributed by atoms with Crippen molar-refractivity contribution in [1.82, 2.24) is 0 Å². The van der Waals surface area contributed by atoms with Crippen LogP contribution >= 0.6 is 0 Å². The number of aryl methyl sites for hydroxylation is 1. The molecule has 0 spiro atoms. The van der Waals surface area contributed by atoms with E-state index in [-0.39, 0.29) is 6.04 Å². The summed E-state index contributed by atoms with van der Waals surface area (Å²) >= 11 is 0. The summed E-state index contributed by atoms with van der Waals surface area (Å²) in [6, 6.07) is 10.7. The van der Waals surface area contributed by atoms with E-state index in [1.165, 1.54) is 5.56 Å². The Balaban J connectivity index is 2.40. The van der Waals surface area contributed by atoms with E-state index in [0.717, 1.165) is 12.8 Å². The zero-order valence-corrected chi connectivity index (χ0v) is 8.82. The standard InChI is InChI=1S/C12H20N2/c1-10(14)12(9-13)8-7-11-5-3-2-4-6-11/h2-6,10,12H,7-9,13-14H2,1H3/t10-,12-/m1/s1. The van der Waals surface area contributed by atoms with E-state index in [9.17, 15) is 0 Å². The van der Waals surface area contributed by atoms with Crippen LogP contribution in [0.15, 0.2) is 30.3 Å². The van der Waals surface area contributed by atoms with E-state index in [4.69, 9.17) is 11.5 Å². The topological polar surface area (TPSA) is 52.0 Å². The maximum absolute atomic E-state index is 5.83. The van der Waals surface area contributed by atoms with Crippen molar-refractivity contribution in [3.05, 3.63) is 35.9 Å². The van der Waals surface area contributed by atoms with Crippen molar-refractivity contribution in [2.24, 2.45) is 17.4 Å². The summed E-state index contributed by atoms with van der Waals surface area (Å²) in [6.07, 6.45) is 2.16. The molecular weight excluding hydrogens is 172 g/mol. The van der Waals surface area contributed by atoms with Gasteiger partial charge in [0.1, 0.15) is 0 Å². The van der Waals surface area contributed by atoms with Crippen molar-refractivity contribution in [2.45, 2.75) is 25.8 Å². The van der Waals surface area contributed by atoms with Gasteiger partial charge in [0.25, 0.3) is 0 Å². The molecule has 1 rings (SSSR count). The van der Waals surface area contributed by atoms with Gasteiger partial charge in [0.05, 0.1) is 0 Å². The Morgan fingerprint density at radius 3 is 2.36 bits per heavy atom. The van der Waals surface area contributed by atoms with Gasteiger partial charge in [-0.1, -0.05) is 30.3 Å². The number of hydrogen-bond acceptors (Lipinski definition) is 2. The Bertz CT molecular complexity index is 244. The van der Waals surface area contributed by atoms with Crippen molar-refractivity contribution >= 4 is 0 Å². The smallest absolute Gasteiger partial charge is 0.00509 e. The lowest BCUT2D eigenvalue weighted by molar-refractivity contribution is 0.423. The molecule has 78 valence electrons. The second-order valence-electron chi connectivity index (χ2n) is 3.88. The van der Waals surface area contributed by atoms with Crippen LogP contribution < -0.4 is 11.5 Å². The first-order valence-electron chi connectivity index (χ1n) is 5.23. The minimum atomic E-state index is 0.198. The number of nitrogens with two attached hydrogens (primary N) is 2. The third-order valence-electron chi connectivity index (χ3n) is 2.69. The van der Waals surface area contributed by atoms with Gasteiger partial charge in [-0.05, 0) is 37.8 Å². The van der Waals surface area contributed by atoms with Gasteiger partial charge < -0.3 is 11.5 Å². The van der Waals surface area contributed by atoms with Gasteiger partial charge in [-0.2, -0.15) is 0 Å². The van der Waals surface area contributed by atoms with E-state index >= 15 is 0 Å². The van der Waals surface area contributed by atoms with Gasteiger partial charge in [0, 0.05) is 6.04 Å². The minimum Gasteiger partial charge on any atom is -0.330 e. The average molecular weight is 192 g/mol. The zero-order valence-electron chi connectivity index (χ0n) is 8.82. The van der Waals surface area contributed by atoms with Crippen LogP contribution in [-0.4, -0.2) is 12.6 Å². The Hall–Kier alpha value is -0.860. The van der Waals surface area contributed by atoms with Crippen molar-refractivity contribution in [3.8, 4) is 0 Å². The number of hydrogen-bond donors (Lipinski definition) is 2. The molecule has 0 saturated carbocycles.